The van der Waals surface area contributed by atoms with Gasteiger partial charge in [-0.05, 0) is 42.5 Å². The minimum Gasteiger partial charge on any atom is -0.497 e. The Morgan fingerprint density at radius 3 is 2.48 bits per heavy atom. The highest BCUT2D eigenvalue weighted by Gasteiger charge is 2.19. The summed E-state index contributed by atoms with van der Waals surface area (Å²) in [6.45, 7) is 2.36. The highest BCUT2D eigenvalue weighted by atomic mass is 35.5. The van der Waals surface area contributed by atoms with Gasteiger partial charge in [0.1, 0.15) is 5.75 Å². The molecule has 1 aliphatic heterocycles. The van der Waals surface area contributed by atoms with Gasteiger partial charge in [0.2, 0.25) is 0 Å². The van der Waals surface area contributed by atoms with Crippen molar-refractivity contribution < 1.29 is 17.9 Å². The molecule has 9 heteroatoms. The first-order chi connectivity index (χ1) is 12.5. The molecule has 27 heavy (non-hydrogen) atoms. The van der Waals surface area contributed by atoms with E-state index < -0.39 is 10.0 Å². The molecule has 0 unspecified atom stereocenters. The molecule has 2 aromatic carbocycles. The summed E-state index contributed by atoms with van der Waals surface area (Å²) in [7, 11) is -2.26. The largest absolute Gasteiger partial charge is 0.497 e. The Bertz CT molecular complexity index is 884. The fraction of sp³-hybridized carbons (Fsp3) is 0.278. The fourth-order valence-corrected chi connectivity index (χ4v) is 3.61. The number of halogens is 1. The maximum atomic E-state index is 12.6. The molecular formula is C18H22ClN3O4S. The van der Waals surface area contributed by atoms with Gasteiger partial charge in [-0.15, -0.1) is 12.4 Å². The van der Waals surface area contributed by atoms with Crippen molar-refractivity contribution in [1.82, 2.24) is 10.6 Å². The first kappa shape index (κ1) is 21.0. The van der Waals surface area contributed by atoms with Crippen molar-refractivity contribution in [3.05, 3.63) is 54.1 Å². The predicted molar refractivity (Wildman–Crippen MR) is 106 cm³/mol. The van der Waals surface area contributed by atoms with Gasteiger partial charge in [0, 0.05) is 36.8 Å². The summed E-state index contributed by atoms with van der Waals surface area (Å²) in [5.74, 6) is 0.786. The van der Waals surface area contributed by atoms with Crippen molar-refractivity contribution >= 4 is 34.0 Å². The Morgan fingerprint density at radius 1 is 1.19 bits per heavy atom. The van der Waals surface area contributed by atoms with Crippen molar-refractivity contribution in [3.63, 3.8) is 0 Å². The molecule has 0 saturated carbocycles. The van der Waals surface area contributed by atoms with Crippen LogP contribution in [0.1, 0.15) is 10.4 Å². The molecule has 0 aliphatic carbocycles. The maximum Gasteiger partial charge on any atom is 0.261 e. The van der Waals surface area contributed by atoms with E-state index in [0.29, 0.717) is 29.5 Å². The lowest BCUT2D eigenvalue weighted by atomic mass is 10.0. The zero-order valence-corrected chi connectivity index (χ0v) is 16.4. The molecule has 3 rings (SSSR count). The highest BCUT2D eigenvalue weighted by molar-refractivity contribution is 7.92. The van der Waals surface area contributed by atoms with E-state index in [9.17, 15) is 13.2 Å². The lowest BCUT2D eigenvalue weighted by molar-refractivity contribution is 0.0942. The first-order valence-electron chi connectivity index (χ1n) is 8.24. The van der Waals surface area contributed by atoms with Gasteiger partial charge in [0.05, 0.1) is 12.0 Å². The third-order valence-corrected chi connectivity index (χ3v) is 5.55. The molecule has 1 fully saturated rings. The van der Waals surface area contributed by atoms with E-state index in [-0.39, 0.29) is 23.2 Å². The first-order valence-corrected chi connectivity index (χ1v) is 9.72. The van der Waals surface area contributed by atoms with E-state index in [4.69, 9.17) is 4.74 Å². The second-order valence-electron chi connectivity index (χ2n) is 6.10. The molecule has 0 aromatic heterocycles. The number of nitrogens with one attached hydrogen (secondary N) is 3. The van der Waals surface area contributed by atoms with Gasteiger partial charge in [-0.1, -0.05) is 6.07 Å². The summed E-state index contributed by atoms with van der Waals surface area (Å²) >= 11 is 0. The van der Waals surface area contributed by atoms with Crippen LogP contribution in [0.4, 0.5) is 5.69 Å². The van der Waals surface area contributed by atoms with Gasteiger partial charge >= 0.3 is 0 Å². The Morgan fingerprint density at radius 2 is 1.89 bits per heavy atom. The fourth-order valence-electron chi connectivity index (χ4n) is 2.51. The van der Waals surface area contributed by atoms with Crippen LogP contribution < -0.4 is 20.1 Å². The standard InChI is InChI=1S/C18H21N3O4S.ClH/c1-25-16-7-5-15(6-8-16)21-26(23,24)17-4-2-3-14(9-17)18(22)20-12-13-10-19-11-13;/h2-9,13,19,21H,10-12H2,1H3,(H,20,22);1H. The second kappa shape index (κ2) is 9.07. The number of ether oxygens (including phenoxy) is 1. The molecular weight excluding hydrogens is 390 g/mol. The van der Waals surface area contributed by atoms with Crippen LogP contribution in [0.25, 0.3) is 0 Å². The number of hydrogen-bond donors (Lipinski definition) is 3. The third kappa shape index (κ3) is 5.35. The Hall–Kier alpha value is -2.29. The summed E-state index contributed by atoms with van der Waals surface area (Å²) in [4.78, 5) is 12.3. The predicted octanol–water partition coefficient (Wildman–Crippen LogP) is 1.87. The Labute approximate surface area is 165 Å². The molecule has 7 nitrogen and oxygen atoms in total. The zero-order valence-electron chi connectivity index (χ0n) is 14.8. The second-order valence-corrected chi connectivity index (χ2v) is 7.78. The molecule has 0 radical (unpaired) electrons. The summed E-state index contributed by atoms with van der Waals surface area (Å²) in [5, 5.41) is 5.97. The molecule has 0 spiro atoms. The number of carbonyl (C=O) groups excluding carboxylic acids is 1. The number of sulfonamides is 1. The lowest BCUT2D eigenvalue weighted by Gasteiger charge is -2.27. The van der Waals surface area contributed by atoms with Gasteiger partial charge in [0.15, 0.2) is 0 Å². The van der Waals surface area contributed by atoms with Crippen LogP contribution in [0.2, 0.25) is 0 Å². The van der Waals surface area contributed by atoms with E-state index in [1.165, 1.54) is 19.2 Å². The average molecular weight is 412 g/mol. The SMILES string of the molecule is COc1ccc(NS(=O)(=O)c2cccc(C(=O)NCC3CNC3)c2)cc1.Cl. The van der Waals surface area contributed by atoms with Crippen molar-refractivity contribution in [2.75, 3.05) is 31.5 Å². The molecule has 0 bridgehead atoms. The van der Waals surface area contributed by atoms with Crippen LogP contribution in [0, 0.1) is 5.92 Å². The summed E-state index contributed by atoms with van der Waals surface area (Å²) in [5.41, 5.74) is 0.730. The molecule has 1 saturated heterocycles. The molecule has 0 atom stereocenters. The van der Waals surface area contributed by atoms with Gasteiger partial charge in [-0.3, -0.25) is 9.52 Å². The number of hydrogen-bond acceptors (Lipinski definition) is 5. The third-order valence-electron chi connectivity index (χ3n) is 4.17. The summed E-state index contributed by atoms with van der Waals surface area (Å²) < 4.78 is 32.7. The van der Waals surface area contributed by atoms with Crippen molar-refractivity contribution in [2.45, 2.75) is 4.90 Å². The molecule has 2 aromatic rings. The maximum absolute atomic E-state index is 12.6. The molecule has 3 N–H and O–H groups in total. The summed E-state index contributed by atoms with van der Waals surface area (Å²) in [6.07, 6.45) is 0. The van der Waals surface area contributed by atoms with Crippen LogP contribution >= 0.6 is 12.4 Å². The monoisotopic (exact) mass is 411 g/mol. The Balaban J connectivity index is 0.00000261. The van der Waals surface area contributed by atoms with Crippen molar-refractivity contribution in [2.24, 2.45) is 5.92 Å². The van der Waals surface area contributed by atoms with Crippen molar-refractivity contribution in [1.29, 1.82) is 0 Å². The van der Waals surface area contributed by atoms with E-state index in [1.807, 2.05) is 0 Å². The molecule has 1 aliphatic rings. The van der Waals surface area contributed by atoms with E-state index >= 15 is 0 Å². The number of benzene rings is 2. The van der Waals surface area contributed by atoms with Gasteiger partial charge < -0.3 is 15.4 Å². The van der Waals surface area contributed by atoms with Crippen LogP contribution in [0.15, 0.2) is 53.4 Å². The van der Waals surface area contributed by atoms with E-state index in [1.54, 1.807) is 36.4 Å². The van der Waals surface area contributed by atoms with Crippen molar-refractivity contribution in [3.8, 4) is 5.75 Å². The molecule has 1 amide bonds. The van der Waals surface area contributed by atoms with Gasteiger partial charge in [-0.2, -0.15) is 0 Å². The van der Waals surface area contributed by atoms with Gasteiger partial charge in [0.25, 0.3) is 15.9 Å². The highest BCUT2D eigenvalue weighted by Crippen LogP contribution is 2.20. The van der Waals surface area contributed by atoms with Crippen LogP contribution in [0.5, 0.6) is 5.75 Å². The number of rotatable bonds is 7. The minimum absolute atomic E-state index is 0. The Kier molecular flexibility index (Phi) is 7.06. The van der Waals surface area contributed by atoms with Crippen LogP contribution in [-0.2, 0) is 10.0 Å². The van der Waals surface area contributed by atoms with E-state index in [2.05, 4.69) is 15.4 Å². The zero-order chi connectivity index (χ0) is 18.6. The summed E-state index contributed by atoms with van der Waals surface area (Å²) in [6, 6.07) is 12.5. The number of methoxy groups -OCH3 is 1. The normalized spacial score (nSPS) is 13.8. The van der Waals surface area contributed by atoms with Crippen LogP contribution in [-0.4, -0.2) is 41.1 Å². The van der Waals surface area contributed by atoms with E-state index in [0.717, 1.165) is 13.1 Å². The number of carbonyl (C=O) groups is 1. The molecule has 146 valence electrons. The quantitative estimate of drug-likeness (QED) is 0.646. The number of amides is 1. The smallest absolute Gasteiger partial charge is 0.261 e. The lowest BCUT2D eigenvalue weighted by Crippen LogP contribution is -2.48. The number of anilines is 1. The minimum atomic E-state index is -3.79. The topological polar surface area (TPSA) is 96.5 Å². The van der Waals surface area contributed by atoms with Crippen LogP contribution in [0.3, 0.4) is 0 Å². The average Bonchev–Trinajstić information content (AvgIpc) is 2.61. The molecule has 1 heterocycles. The van der Waals surface area contributed by atoms with Gasteiger partial charge in [-0.25, -0.2) is 8.42 Å².